The van der Waals surface area contributed by atoms with E-state index in [9.17, 15) is 9.18 Å². The number of carbonyl (C=O) groups is 1. The van der Waals surface area contributed by atoms with Crippen LogP contribution in [0, 0.1) is 5.82 Å². The van der Waals surface area contributed by atoms with Crippen molar-refractivity contribution < 1.29 is 13.9 Å². The van der Waals surface area contributed by atoms with Crippen LogP contribution in [0.1, 0.15) is 5.56 Å². The summed E-state index contributed by atoms with van der Waals surface area (Å²) in [5.41, 5.74) is 2.38. The van der Waals surface area contributed by atoms with Gasteiger partial charge in [-0.3, -0.25) is 4.79 Å². The second-order valence-corrected chi connectivity index (χ2v) is 5.64. The van der Waals surface area contributed by atoms with Gasteiger partial charge in [0.2, 0.25) is 5.91 Å². The number of hydrogen-bond acceptors (Lipinski definition) is 4. The molecule has 1 heterocycles. The monoisotopic (exact) mass is 351 g/mol. The van der Waals surface area contributed by atoms with Crippen molar-refractivity contribution in [3.63, 3.8) is 0 Å². The summed E-state index contributed by atoms with van der Waals surface area (Å²) < 4.78 is 18.0. The molecule has 3 aromatic rings. The first-order chi connectivity index (χ1) is 12.6. The molecule has 1 amide bonds. The van der Waals surface area contributed by atoms with Gasteiger partial charge in [0, 0.05) is 5.69 Å². The summed E-state index contributed by atoms with van der Waals surface area (Å²) in [5.74, 6) is 0.777. The highest BCUT2D eigenvalue weighted by atomic mass is 19.1. The number of hydrogen-bond donors (Lipinski definition) is 2. The Balaban J connectivity index is 1.56. The summed E-state index contributed by atoms with van der Waals surface area (Å²) in [6, 6.07) is 16.9. The maximum absolute atomic E-state index is 12.9. The van der Waals surface area contributed by atoms with E-state index in [4.69, 9.17) is 4.74 Å². The SMILES string of the molecule is COc1ccc(CC(=O)Nc2ccc(Nc3ccc(F)cc3)cn2)cc1. The zero-order valence-corrected chi connectivity index (χ0v) is 14.2. The molecule has 0 aliphatic heterocycles. The Hall–Kier alpha value is -3.41. The van der Waals surface area contributed by atoms with E-state index in [1.165, 1.54) is 12.1 Å². The van der Waals surface area contributed by atoms with E-state index < -0.39 is 0 Å². The van der Waals surface area contributed by atoms with Gasteiger partial charge >= 0.3 is 0 Å². The Kier molecular flexibility index (Phi) is 5.43. The third kappa shape index (κ3) is 4.80. The summed E-state index contributed by atoms with van der Waals surface area (Å²) >= 11 is 0. The predicted octanol–water partition coefficient (Wildman–Crippen LogP) is 4.15. The van der Waals surface area contributed by atoms with E-state index in [2.05, 4.69) is 15.6 Å². The molecule has 0 radical (unpaired) electrons. The number of halogens is 1. The highest BCUT2D eigenvalue weighted by Gasteiger charge is 2.06. The topological polar surface area (TPSA) is 63.2 Å². The normalized spacial score (nSPS) is 10.2. The molecular weight excluding hydrogens is 333 g/mol. The van der Waals surface area contributed by atoms with Gasteiger partial charge in [-0.05, 0) is 54.1 Å². The molecule has 0 aliphatic carbocycles. The number of amides is 1. The zero-order chi connectivity index (χ0) is 18.4. The van der Waals surface area contributed by atoms with Gasteiger partial charge in [-0.15, -0.1) is 0 Å². The maximum atomic E-state index is 12.9. The van der Waals surface area contributed by atoms with Gasteiger partial charge in [-0.1, -0.05) is 12.1 Å². The standard InChI is InChI=1S/C20H18FN3O2/c1-26-18-9-2-14(3-10-18)12-20(25)24-19-11-8-17(13-22-19)23-16-6-4-15(21)5-7-16/h2-11,13,23H,12H2,1H3,(H,22,24,25). The van der Waals surface area contributed by atoms with Crippen LogP contribution in [0.25, 0.3) is 0 Å². The number of benzene rings is 2. The first-order valence-corrected chi connectivity index (χ1v) is 8.04. The van der Waals surface area contributed by atoms with Crippen LogP contribution in [0.3, 0.4) is 0 Å². The van der Waals surface area contributed by atoms with E-state index in [1.807, 2.05) is 24.3 Å². The van der Waals surface area contributed by atoms with Crippen molar-refractivity contribution in [2.75, 3.05) is 17.7 Å². The molecule has 2 aromatic carbocycles. The van der Waals surface area contributed by atoms with Crippen molar-refractivity contribution in [3.8, 4) is 5.75 Å². The summed E-state index contributed by atoms with van der Waals surface area (Å²) in [6.45, 7) is 0. The fraction of sp³-hybridized carbons (Fsp3) is 0.100. The van der Waals surface area contributed by atoms with Gasteiger partial charge in [-0.25, -0.2) is 9.37 Å². The first kappa shape index (κ1) is 17.4. The molecule has 6 heteroatoms. The second kappa shape index (κ2) is 8.11. The Morgan fingerprint density at radius 3 is 2.31 bits per heavy atom. The first-order valence-electron chi connectivity index (χ1n) is 8.04. The van der Waals surface area contributed by atoms with Crippen LogP contribution < -0.4 is 15.4 Å². The number of ether oxygens (including phenoxy) is 1. The van der Waals surface area contributed by atoms with Crippen LogP contribution in [0.2, 0.25) is 0 Å². The molecule has 3 rings (SSSR count). The van der Waals surface area contributed by atoms with Crippen LogP contribution in [0.4, 0.5) is 21.6 Å². The third-order valence-corrected chi connectivity index (χ3v) is 3.69. The molecule has 2 N–H and O–H groups in total. The average molecular weight is 351 g/mol. The van der Waals surface area contributed by atoms with Crippen LogP contribution in [0.5, 0.6) is 5.75 Å². The number of methoxy groups -OCH3 is 1. The third-order valence-electron chi connectivity index (χ3n) is 3.69. The van der Waals surface area contributed by atoms with Crippen LogP contribution in [-0.2, 0) is 11.2 Å². The Morgan fingerprint density at radius 2 is 1.69 bits per heavy atom. The largest absolute Gasteiger partial charge is 0.497 e. The molecule has 26 heavy (non-hydrogen) atoms. The lowest BCUT2D eigenvalue weighted by atomic mass is 10.1. The van der Waals surface area contributed by atoms with Crippen LogP contribution in [0.15, 0.2) is 66.9 Å². The van der Waals surface area contributed by atoms with Gasteiger partial charge in [0.1, 0.15) is 17.4 Å². The lowest BCUT2D eigenvalue weighted by Gasteiger charge is -2.08. The minimum atomic E-state index is -0.288. The van der Waals surface area contributed by atoms with Crippen molar-refractivity contribution in [2.45, 2.75) is 6.42 Å². The number of aromatic nitrogens is 1. The Bertz CT molecular complexity index is 863. The number of carbonyl (C=O) groups excluding carboxylic acids is 1. The molecular formula is C20H18FN3O2. The van der Waals surface area contributed by atoms with Crippen molar-refractivity contribution in [1.29, 1.82) is 0 Å². The van der Waals surface area contributed by atoms with Crippen molar-refractivity contribution in [3.05, 3.63) is 78.2 Å². The fourth-order valence-corrected chi connectivity index (χ4v) is 2.36. The quantitative estimate of drug-likeness (QED) is 0.700. The molecule has 0 unspecified atom stereocenters. The van der Waals surface area contributed by atoms with Gasteiger partial charge < -0.3 is 15.4 Å². The maximum Gasteiger partial charge on any atom is 0.229 e. The molecule has 0 spiro atoms. The van der Waals surface area contributed by atoms with Gasteiger partial charge in [0.05, 0.1) is 25.4 Å². The summed E-state index contributed by atoms with van der Waals surface area (Å²) in [4.78, 5) is 16.3. The molecule has 0 bridgehead atoms. The molecule has 0 atom stereocenters. The average Bonchev–Trinajstić information content (AvgIpc) is 2.66. The number of nitrogens with one attached hydrogen (secondary N) is 2. The van der Waals surface area contributed by atoms with Gasteiger partial charge in [0.15, 0.2) is 0 Å². The fourth-order valence-electron chi connectivity index (χ4n) is 2.36. The van der Waals surface area contributed by atoms with E-state index in [0.717, 1.165) is 22.7 Å². The predicted molar refractivity (Wildman–Crippen MR) is 99.2 cm³/mol. The number of pyridine rings is 1. The number of anilines is 3. The van der Waals surface area contributed by atoms with E-state index >= 15 is 0 Å². The van der Waals surface area contributed by atoms with Crippen molar-refractivity contribution in [1.82, 2.24) is 4.98 Å². The smallest absolute Gasteiger partial charge is 0.229 e. The van der Waals surface area contributed by atoms with Crippen molar-refractivity contribution >= 4 is 23.1 Å². The lowest BCUT2D eigenvalue weighted by Crippen LogP contribution is -2.15. The Morgan fingerprint density at radius 1 is 1.00 bits per heavy atom. The highest BCUT2D eigenvalue weighted by Crippen LogP contribution is 2.17. The molecule has 132 valence electrons. The van der Waals surface area contributed by atoms with E-state index in [0.29, 0.717) is 5.82 Å². The minimum absolute atomic E-state index is 0.151. The number of rotatable bonds is 6. The lowest BCUT2D eigenvalue weighted by molar-refractivity contribution is -0.115. The molecule has 1 aromatic heterocycles. The van der Waals surface area contributed by atoms with E-state index in [1.54, 1.807) is 37.6 Å². The van der Waals surface area contributed by atoms with Crippen LogP contribution >= 0.6 is 0 Å². The molecule has 0 saturated carbocycles. The molecule has 0 saturated heterocycles. The second-order valence-electron chi connectivity index (χ2n) is 5.64. The molecule has 0 aliphatic rings. The van der Waals surface area contributed by atoms with Crippen molar-refractivity contribution in [2.24, 2.45) is 0 Å². The van der Waals surface area contributed by atoms with Gasteiger partial charge in [-0.2, -0.15) is 0 Å². The summed E-state index contributed by atoms with van der Waals surface area (Å²) in [5, 5.41) is 5.87. The van der Waals surface area contributed by atoms with E-state index in [-0.39, 0.29) is 18.1 Å². The van der Waals surface area contributed by atoms with Crippen LogP contribution in [-0.4, -0.2) is 18.0 Å². The Labute approximate surface area is 150 Å². The highest BCUT2D eigenvalue weighted by molar-refractivity contribution is 5.91. The number of nitrogens with zero attached hydrogens (tertiary/aromatic N) is 1. The summed E-state index contributed by atoms with van der Waals surface area (Å²) in [6.07, 6.45) is 1.85. The summed E-state index contributed by atoms with van der Waals surface area (Å²) in [7, 11) is 1.60. The van der Waals surface area contributed by atoms with Gasteiger partial charge in [0.25, 0.3) is 0 Å². The molecule has 5 nitrogen and oxygen atoms in total. The zero-order valence-electron chi connectivity index (χ0n) is 14.2. The molecule has 0 fully saturated rings. The minimum Gasteiger partial charge on any atom is -0.497 e.